The highest BCUT2D eigenvalue weighted by Crippen LogP contribution is 2.21. The lowest BCUT2D eigenvalue weighted by Gasteiger charge is -1.90. The fourth-order valence-corrected chi connectivity index (χ4v) is 1.00. The van der Waals surface area contributed by atoms with E-state index in [-0.39, 0.29) is 0 Å². The average Bonchev–Trinajstić information content (AvgIpc) is 2.73. The van der Waals surface area contributed by atoms with Crippen molar-refractivity contribution in [1.29, 1.82) is 0 Å². The van der Waals surface area contributed by atoms with Crippen LogP contribution in [0.3, 0.4) is 0 Å². The van der Waals surface area contributed by atoms with Gasteiger partial charge >= 0.3 is 0 Å². The fourth-order valence-electron chi connectivity index (χ4n) is 1.00. The third-order valence-electron chi connectivity index (χ3n) is 1.75. The SMILES string of the molecule is C/C(=C\c1ccco1)[C@H]1CO1. The summed E-state index contributed by atoms with van der Waals surface area (Å²) < 4.78 is 10.3. The van der Waals surface area contributed by atoms with E-state index in [4.69, 9.17) is 9.15 Å². The maximum absolute atomic E-state index is 5.15. The monoisotopic (exact) mass is 150 g/mol. The maximum atomic E-state index is 5.15. The number of hydrogen-bond donors (Lipinski definition) is 0. The molecule has 0 unspecified atom stereocenters. The zero-order valence-electron chi connectivity index (χ0n) is 6.41. The van der Waals surface area contributed by atoms with Crippen LogP contribution in [-0.4, -0.2) is 12.7 Å². The molecule has 0 aliphatic carbocycles. The van der Waals surface area contributed by atoms with E-state index in [1.807, 2.05) is 18.2 Å². The first-order valence-corrected chi connectivity index (χ1v) is 3.69. The van der Waals surface area contributed by atoms with Crippen molar-refractivity contribution in [1.82, 2.24) is 0 Å². The number of ether oxygens (including phenoxy) is 1. The standard InChI is InChI=1S/C9H10O2/c1-7(9-6-11-9)5-8-3-2-4-10-8/h2-5,9H,6H2,1H3/b7-5+/t9-/m1/s1. The van der Waals surface area contributed by atoms with Crippen molar-refractivity contribution >= 4 is 6.08 Å². The lowest BCUT2D eigenvalue weighted by molar-refractivity contribution is 0.432. The Morgan fingerprint density at radius 3 is 3.09 bits per heavy atom. The molecule has 0 aromatic carbocycles. The summed E-state index contributed by atoms with van der Waals surface area (Å²) in [6.07, 6.45) is 4.03. The minimum Gasteiger partial charge on any atom is -0.465 e. The van der Waals surface area contributed by atoms with E-state index in [9.17, 15) is 0 Å². The summed E-state index contributed by atoms with van der Waals surface area (Å²) in [6.45, 7) is 2.92. The van der Waals surface area contributed by atoms with Gasteiger partial charge in [0, 0.05) is 0 Å². The molecule has 2 heteroatoms. The van der Waals surface area contributed by atoms with E-state index in [1.54, 1.807) is 6.26 Å². The maximum Gasteiger partial charge on any atom is 0.126 e. The second-order valence-electron chi connectivity index (χ2n) is 2.73. The van der Waals surface area contributed by atoms with Gasteiger partial charge in [0.1, 0.15) is 11.9 Å². The average molecular weight is 150 g/mol. The number of rotatable bonds is 2. The molecule has 0 bridgehead atoms. The zero-order valence-corrected chi connectivity index (χ0v) is 6.41. The second kappa shape index (κ2) is 2.55. The topological polar surface area (TPSA) is 25.7 Å². The smallest absolute Gasteiger partial charge is 0.126 e. The molecule has 1 aliphatic rings. The second-order valence-corrected chi connectivity index (χ2v) is 2.73. The van der Waals surface area contributed by atoms with Crippen molar-refractivity contribution in [2.45, 2.75) is 13.0 Å². The van der Waals surface area contributed by atoms with E-state index in [2.05, 4.69) is 6.92 Å². The molecule has 0 spiro atoms. The van der Waals surface area contributed by atoms with E-state index < -0.39 is 0 Å². The van der Waals surface area contributed by atoms with Gasteiger partial charge in [-0.1, -0.05) is 0 Å². The molecule has 1 atom stereocenters. The molecule has 11 heavy (non-hydrogen) atoms. The molecule has 1 aromatic rings. The molecule has 2 nitrogen and oxygen atoms in total. The molecule has 1 aromatic heterocycles. The van der Waals surface area contributed by atoms with E-state index in [0.717, 1.165) is 12.4 Å². The number of epoxide rings is 1. The van der Waals surface area contributed by atoms with Crippen molar-refractivity contribution in [3.63, 3.8) is 0 Å². The van der Waals surface area contributed by atoms with Crippen molar-refractivity contribution in [2.24, 2.45) is 0 Å². The Morgan fingerprint density at radius 2 is 2.55 bits per heavy atom. The Balaban J connectivity index is 2.13. The molecule has 1 fully saturated rings. The van der Waals surface area contributed by atoms with E-state index >= 15 is 0 Å². The van der Waals surface area contributed by atoms with Gasteiger partial charge in [-0.25, -0.2) is 0 Å². The quantitative estimate of drug-likeness (QED) is 0.603. The first-order chi connectivity index (χ1) is 5.36. The predicted octanol–water partition coefficient (Wildman–Crippen LogP) is 2.08. The van der Waals surface area contributed by atoms with Crippen LogP contribution in [0.5, 0.6) is 0 Å². The fraction of sp³-hybridized carbons (Fsp3) is 0.333. The Hall–Kier alpha value is -1.02. The summed E-state index contributed by atoms with van der Waals surface area (Å²) in [5, 5.41) is 0. The van der Waals surface area contributed by atoms with Crippen molar-refractivity contribution < 1.29 is 9.15 Å². The lowest BCUT2D eigenvalue weighted by Crippen LogP contribution is -1.84. The largest absolute Gasteiger partial charge is 0.465 e. The Labute approximate surface area is 65.5 Å². The van der Waals surface area contributed by atoms with E-state index in [0.29, 0.717) is 6.10 Å². The Kier molecular flexibility index (Phi) is 1.55. The molecule has 0 N–H and O–H groups in total. The van der Waals surface area contributed by atoms with Crippen LogP contribution in [0.4, 0.5) is 0 Å². The molecular formula is C9H10O2. The molecular weight excluding hydrogens is 140 g/mol. The summed E-state index contributed by atoms with van der Waals surface area (Å²) in [4.78, 5) is 0. The first-order valence-electron chi connectivity index (χ1n) is 3.69. The van der Waals surface area contributed by atoms with Gasteiger partial charge in [0.2, 0.25) is 0 Å². The van der Waals surface area contributed by atoms with Gasteiger partial charge in [0.25, 0.3) is 0 Å². The third kappa shape index (κ3) is 1.52. The summed E-state index contributed by atoms with van der Waals surface area (Å²) in [7, 11) is 0. The predicted molar refractivity (Wildman–Crippen MR) is 42.1 cm³/mol. The molecule has 58 valence electrons. The highest BCUT2D eigenvalue weighted by molar-refractivity contribution is 5.48. The normalized spacial score (nSPS) is 23.7. The molecule has 2 rings (SSSR count). The molecule has 0 amide bonds. The highest BCUT2D eigenvalue weighted by Gasteiger charge is 2.24. The zero-order chi connectivity index (χ0) is 7.68. The molecule has 2 heterocycles. The summed E-state index contributed by atoms with van der Waals surface area (Å²) in [5.74, 6) is 0.901. The van der Waals surface area contributed by atoms with Gasteiger partial charge in [0.05, 0.1) is 12.9 Å². The highest BCUT2D eigenvalue weighted by atomic mass is 16.6. The minimum absolute atomic E-state index is 0.347. The van der Waals surface area contributed by atoms with Gasteiger partial charge in [-0.05, 0) is 30.7 Å². The minimum atomic E-state index is 0.347. The van der Waals surface area contributed by atoms with Gasteiger partial charge in [-0.15, -0.1) is 0 Å². The Morgan fingerprint density at radius 1 is 1.73 bits per heavy atom. The van der Waals surface area contributed by atoms with Crippen LogP contribution in [0.2, 0.25) is 0 Å². The van der Waals surface area contributed by atoms with Crippen LogP contribution >= 0.6 is 0 Å². The van der Waals surface area contributed by atoms with Gasteiger partial charge in [-0.2, -0.15) is 0 Å². The molecule has 0 saturated carbocycles. The molecule has 1 aliphatic heterocycles. The Bertz CT molecular complexity index is 255. The van der Waals surface area contributed by atoms with Crippen molar-refractivity contribution in [3.05, 3.63) is 29.7 Å². The number of furan rings is 1. The van der Waals surface area contributed by atoms with E-state index in [1.165, 1.54) is 5.57 Å². The van der Waals surface area contributed by atoms with Crippen LogP contribution in [-0.2, 0) is 4.74 Å². The summed E-state index contributed by atoms with van der Waals surface area (Å²) in [6, 6.07) is 3.82. The molecule has 0 radical (unpaired) electrons. The van der Waals surface area contributed by atoms with Crippen LogP contribution in [0.25, 0.3) is 6.08 Å². The van der Waals surface area contributed by atoms with Gasteiger partial charge < -0.3 is 9.15 Å². The molecule has 1 saturated heterocycles. The third-order valence-corrected chi connectivity index (χ3v) is 1.75. The van der Waals surface area contributed by atoms with Crippen LogP contribution in [0.1, 0.15) is 12.7 Å². The van der Waals surface area contributed by atoms with Crippen LogP contribution < -0.4 is 0 Å². The number of hydrogen-bond acceptors (Lipinski definition) is 2. The van der Waals surface area contributed by atoms with Crippen molar-refractivity contribution in [3.8, 4) is 0 Å². The summed E-state index contributed by atoms with van der Waals surface area (Å²) in [5.41, 5.74) is 1.24. The summed E-state index contributed by atoms with van der Waals surface area (Å²) >= 11 is 0. The van der Waals surface area contributed by atoms with Gasteiger partial charge in [0.15, 0.2) is 0 Å². The van der Waals surface area contributed by atoms with Crippen LogP contribution in [0, 0.1) is 0 Å². The lowest BCUT2D eigenvalue weighted by atomic mass is 10.2. The van der Waals surface area contributed by atoms with Crippen LogP contribution in [0.15, 0.2) is 28.4 Å². The van der Waals surface area contributed by atoms with Gasteiger partial charge in [-0.3, -0.25) is 0 Å². The van der Waals surface area contributed by atoms with Crippen molar-refractivity contribution in [2.75, 3.05) is 6.61 Å². The first kappa shape index (κ1) is 6.68.